The van der Waals surface area contributed by atoms with E-state index in [0.29, 0.717) is 12.2 Å². The lowest BCUT2D eigenvalue weighted by atomic mass is 10.1. The monoisotopic (exact) mass is 332 g/mol. The minimum atomic E-state index is -0.153. The molecule has 1 amide bonds. The van der Waals surface area contributed by atoms with E-state index < -0.39 is 0 Å². The Morgan fingerprint density at radius 2 is 2.04 bits per heavy atom. The fourth-order valence-corrected chi connectivity index (χ4v) is 3.20. The van der Waals surface area contributed by atoms with Crippen molar-refractivity contribution in [2.75, 3.05) is 39.4 Å². The molecule has 2 heterocycles. The summed E-state index contributed by atoms with van der Waals surface area (Å²) in [5, 5.41) is 6.93. The summed E-state index contributed by atoms with van der Waals surface area (Å²) in [5.74, 6) is -0.153. The summed E-state index contributed by atoms with van der Waals surface area (Å²) in [7, 11) is 0. The van der Waals surface area contributed by atoms with E-state index in [4.69, 9.17) is 4.74 Å². The molecule has 3 rings (SSSR count). The lowest BCUT2D eigenvalue weighted by Crippen LogP contribution is -2.38. The van der Waals surface area contributed by atoms with Crippen molar-refractivity contribution in [3.05, 3.63) is 36.0 Å². The van der Waals surface area contributed by atoms with Crippen LogP contribution < -0.4 is 5.32 Å². The van der Waals surface area contributed by atoms with Crippen molar-refractivity contribution in [3.8, 4) is 10.4 Å². The molecule has 6 nitrogen and oxygen atoms in total. The molecule has 1 aliphatic heterocycles. The number of nitrogens with one attached hydrogen (secondary N) is 1. The van der Waals surface area contributed by atoms with Crippen molar-refractivity contribution in [2.45, 2.75) is 6.42 Å². The maximum Gasteiger partial charge on any atom is 0.273 e. The van der Waals surface area contributed by atoms with E-state index in [1.54, 1.807) is 0 Å². The number of morpholine rings is 1. The van der Waals surface area contributed by atoms with Gasteiger partial charge >= 0.3 is 0 Å². The van der Waals surface area contributed by atoms with Crippen LogP contribution in [0.5, 0.6) is 0 Å². The number of hydrogen-bond acceptors (Lipinski definition) is 6. The molecule has 1 aromatic heterocycles. The second-order valence-corrected chi connectivity index (χ2v) is 6.13. The molecule has 23 heavy (non-hydrogen) atoms. The average molecular weight is 332 g/mol. The van der Waals surface area contributed by atoms with Gasteiger partial charge in [-0.25, -0.2) is 0 Å². The van der Waals surface area contributed by atoms with E-state index in [1.165, 1.54) is 11.5 Å². The quantitative estimate of drug-likeness (QED) is 0.815. The number of ether oxygens (including phenoxy) is 1. The summed E-state index contributed by atoms with van der Waals surface area (Å²) < 4.78 is 9.25. The predicted octanol–water partition coefficient (Wildman–Crippen LogP) is 1.66. The van der Waals surface area contributed by atoms with Gasteiger partial charge < -0.3 is 10.1 Å². The zero-order valence-corrected chi connectivity index (χ0v) is 13.7. The fraction of sp³-hybridized carbons (Fsp3) is 0.438. The molecule has 1 saturated heterocycles. The molecule has 1 aromatic carbocycles. The lowest BCUT2D eigenvalue weighted by Gasteiger charge is -2.26. The SMILES string of the molecule is O=C(NCCCN1CCOCC1)c1nnsc1-c1ccccc1. The van der Waals surface area contributed by atoms with Crippen molar-refractivity contribution in [1.82, 2.24) is 19.8 Å². The predicted molar refractivity (Wildman–Crippen MR) is 89.6 cm³/mol. The van der Waals surface area contributed by atoms with Gasteiger partial charge in [-0.05, 0) is 30.1 Å². The van der Waals surface area contributed by atoms with E-state index >= 15 is 0 Å². The number of benzene rings is 1. The Labute approximate surface area is 139 Å². The van der Waals surface area contributed by atoms with E-state index in [1.807, 2.05) is 30.3 Å². The topological polar surface area (TPSA) is 67.4 Å². The molecule has 122 valence electrons. The summed E-state index contributed by atoms with van der Waals surface area (Å²) in [6.07, 6.45) is 0.921. The van der Waals surface area contributed by atoms with Gasteiger partial charge in [-0.1, -0.05) is 34.8 Å². The summed E-state index contributed by atoms with van der Waals surface area (Å²) in [5.41, 5.74) is 1.38. The number of amides is 1. The summed E-state index contributed by atoms with van der Waals surface area (Å²) >= 11 is 1.25. The van der Waals surface area contributed by atoms with Gasteiger partial charge in [0.1, 0.15) is 0 Å². The van der Waals surface area contributed by atoms with Crippen LogP contribution in [-0.2, 0) is 4.74 Å². The third kappa shape index (κ3) is 4.34. The van der Waals surface area contributed by atoms with Crippen molar-refractivity contribution in [3.63, 3.8) is 0 Å². The van der Waals surface area contributed by atoms with E-state index in [0.717, 1.165) is 49.7 Å². The van der Waals surface area contributed by atoms with Crippen LogP contribution in [0.15, 0.2) is 30.3 Å². The van der Waals surface area contributed by atoms with Crippen LogP contribution in [0.2, 0.25) is 0 Å². The number of aromatic nitrogens is 2. The number of carbonyl (C=O) groups is 1. The Bertz CT molecular complexity index is 626. The molecule has 7 heteroatoms. The maximum absolute atomic E-state index is 12.3. The highest BCUT2D eigenvalue weighted by molar-refractivity contribution is 7.09. The molecular weight excluding hydrogens is 312 g/mol. The molecule has 0 spiro atoms. The number of hydrogen-bond donors (Lipinski definition) is 1. The zero-order valence-electron chi connectivity index (χ0n) is 12.9. The smallest absolute Gasteiger partial charge is 0.273 e. The molecule has 0 atom stereocenters. The highest BCUT2D eigenvalue weighted by atomic mass is 32.1. The van der Waals surface area contributed by atoms with Gasteiger partial charge in [-0.2, -0.15) is 0 Å². The Morgan fingerprint density at radius 3 is 2.83 bits per heavy atom. The van der Waals surface area contributed by atoms with Crippen LogP contribution in [0.25, 0.3) is 10.4 Å². The summed E-state index contributed by atoms with van der Waals surface area (Å²) in [4.78, 5) is 15.5. The fourth-order valence-electron chi connectivity index (χ4n) is 2.53. The molecule has 0 unspecified atom stereocenters. The van der Waals surface area contributed by atoms with E-state index in [-0.39, 0.29) is 5.91 Å². The van der Waals surface area contributed by atoms with Crippen molar-refractivity contribution in [1.29, 1.82) is 0 Å². The standard InChI is InChI=1S/C16H20N4O2S/c21-16(17-7-4-8-20-9-11-22-12-10-20)14-15(23-19-18-14)13-5-2-1-3-6-13/h1-3,5-6H,4,7-12H2,(H,17,21). The van der Waals surface area contributed by atoms with Gasteiger partial charge in [-0.3, -0.25) is 9.69 Å². The Hall–Kier alpha value is -1.83. The Balaban J connectivity index is 1.50. The Morgan fingerprint density at radius 1 is 1.26 bits per heavy atom. The minimum Gasteiger partial charge on any atom is -0.379 e. The largest absolute Gasteiger partial charge is 0.379 e. The first-order valence-electron chi connectivity index (χ1n) is 7.80. The third-order valence-corrected chi connectivity index (χ3v) is 4.55. The molecule has 0 saturated carbocycles. The van der Waals surface area contributed by atoms with Gasteiger partial charge in [0.05, 0.1) is 18.1 Å². The lowest BCUT2D eigenvalue weighted by molar-refractivity contribution is 0.0374. The van der Waals surface area contributed by atoms with Gasteiger partial charge in [0, 0.05) is 19.6 Å². The number of rotatable bonds is 6. The minimum absolute atomic E-state index is 0.153. The first-order chi connectivity index (χ1) is 11.3. The molecule has 0 radical (unpaired) electrons. The molecule has 0 bridgehead atoms. The second kappa shape index (κ2) is 8.14. The molecule has 1 fully saturated rings. The highest BCUT2D eigenvalue weighted by Gasteiger charge is 2.17. The molecule has 1 aliphatic rings. The van der Waals surface area contributed by atoms with Crippen LogP contribution in [0, 0.1) is 0 Å². The molecule has 0 aliphatic carbocycles. The second-order valence-electron chi connectivity index (χ2n) is 5.38. The number of carbonyl (C=O) groups excluding carboxylic acids is 1. The zero-order chi connectivity index (χ0) is 15.9. The van der Waals surface area contributed by atoms with Crippen LogP contribution in [0.4, 0.5) is 0 Å². The van der Waals surface area contributed by atoms with E-state index in [2.05, 4.69) is 19.8 Å². The van der Waals surface area contributed by atoms with Crippen LogP contribution in [-0.4, -0.2) is 59.8 Å². The van der Waals surface area contributed by atoms with Crippen LogP contribution >= 0.6 is 11.5 Å². The van der Waals surface area contributed by atoms with Crippen molar-refractivity contribution < 1.29 is 9.53 Å². The number of nitrogens with zero attached hydrogens (tertiary/aromatic N) is 3. The van der Waals surface area contributed by atoms with Crippen molar-refractivity contribution in [2.24, 2.45) is 0 Å². The van der Waals surface area contributed by atoms with Gasteiger partial charge in [0.2, 0.25) is 0 Å². The maximum atomic E-state index is 12.3. The summed E-state index contributed by atoms with van der Waals surface area (Å²) in [6, 6.07) is 9.76. The first-order valence-corrected chi connectivity index (χ1v) is 8.58. The van der Waals surface area contributed by atoms with Crippen LogP contribution in [0.1, 0.15) is 16.9 Å². The molecule has 1 N–H and O–H groups in total. The first kappa shape index (κ1) is 16.0. The normalized spacial score (nSPS) is 15.5. The van der Waals surface area contributed by atoms with Gasteiger partial charge in [-0.15, -0.1) is 5.10 Å². The molecule has 2 aromatic rings. The van der Waals surface area contributed by atoms with Gasteiger partial charge in [0.25, 0.3) is 5.91 Å². The summed E-state index contributed by atoms with van der Waals surface area (Å²) in [6.45, 7) is 5.17. The Kier molecular flexibility index (Phi) is 5.68. The average Bonchev–Trinajstić information content (AvgIpc) is 3.10. The third-order valence-electron chi connectivity index (χ3n) is 3.78. The highest BCUT2D eigenvalue weighted by Crippen LogP contribution is 2.25. The van der Waals surface area contributed by atoms with E-state index in [9.17, 15) is 4.79 Å². The van der Waals surface area contributed by atoms with Crippen molar-refractivity contribution >= 4 is 17.4 Å². The molecular formula is C16H20N4O2S. The van der Waals surface area contributed by atoms with Gasteiger partial charge in [0.15, 0.2) is 5.69 Å². The van der Waals surface area contributed by atoms with Crippen LogP contribution in [0.3, 0.4) is 0 Å².